The van der Waals surface area contributed by atoms with Crippen molar-refractivity contribution in [3.63, 3.8) is 0 Å². The Bertz CT molecular complexity index is 637. The molecule has 1 fully saturated rings. The van der Waals surface area contributed by atoms with Crippen LogP contribution in [0.2, 0.25) is 0 Å². The first kappa shape index (κ1) is 13.4. The quantitative estimate of drug-likeness (QED) is 0.761. The van der Waals surface area contributed by atoms with Gasteiger partial charge in [-0.1, -0.05) is 6.42 Å². The van der Waals surface area contributed by atoms with Crippen molar-refractivity contribution in [2.24, 2.45) is 0 Å². The summed E-state index contributed by atoms with van der Waals surface area (Å²) in [4.78, 5) is 15.6. The number of thioether (sulfide) groups is 1. The van der Waals surface area contributed by atoms with E-state index in [4.69, 9.17) is 5.73 Å². The summed E-state index contributed by atoms with van der Waals surface area (Å²) in [6.45, 7) is 0. The Morgan fingerprint density at radius 2 is 2.30 bits per heavy atom. The van der Waals surface area contributed by atoms with E-state index < -0.39 is 0 Å². The third kappa shape index (κ3) is 2.38. The molecular weight excluding hydrogens is 270 g/mol. The average molecular weight is 289 g/mol. The molecule has 1 aromatic carbocycles. The fraction of sp³-hybridized carbons (Fsp3) is 0.400. The van der Waals surface area contributed by atoms with E-state index in [9.17, 15) is 4.79 Å². The maximum absolute atomic E-state index is 12.5. The van der Waals surface area contributed by atoms with Gasteiger partial charge in [0, 0.05) is 34.1 Å². The number of nitrogens with two attached hydrogens (primary N) is 1. The molecule has 1 saturated carbocycles. The highest BCUT2D eigenvalue weighted by molar-refractivity contribution is 7.99. The van der Waals surface area contributed by atoms with Crippen molar-refractivity contribution in [2.75, 3.05) is 12.0 Å². The molecule has 2 aromatic rings. The maximum Gasteiger partial charge on any atom is 0.253 e. The number of nitrogen functional groups attached to an aromatic ring is 1. The second-order valence-corrected chi connectivity index (χ2v) is 6.37. The fourth-order valence-corrected chi connectivity index (χ4v) is 3.89. The van der Waals surface area contributed by atoms with E-state index in [2.05, 4.69) is 16.6 Å². The summed E-state index contributed by atoms with van der Waals surface area (Å²) in [7, 11) is 0. The Morgan fingerprint density at radius 1 is 1.45 bits per heavy atom. The molecule has 2 unspecified atom stereocenters. The molecule has 1 aromatic heterocycles. The van der Waals surface area contributed by atoms with Gasteiger partial charge in [-0.15, -0.1) is 0 Å². The molecule has 106 valence electrons. The standard InChI is InChI=1S/C15H19N3OS/c1-20-14-4-2-3-12(14)18-15(19)11-8-17-13-7-9(16)5-6-10(11)13/h5-8,12,14,17H,2-4,16H2,1H3,(H,18,19). The maximum atomic E-state index is 12.5. The molecule has 1 aliphatic carbocycles. The van der Waals surface area contributed by atoms with Crippen molar-refractivity contribution in [1.82, 2.24) is 10.3 Å². The van der Waals surface area contributed by atoms with Crippen LogP contribution in [0.4, 0.5) is 5.69 Å². The van der Waals surface area contributed by atoms with Gasteiger partial charge in [-0.05, 0) is 37.3 Å². The number of H-pyrrole nitrogens is 1. The van der Waals surface area contributed by atoms with Gasteiger partial charge in [-0.25, -0.2) is 0 Å². The first-order valence-electron chi connectivity index (χ1n) is 6.89. The zero-order chi connectivity index (χ0) is 14.1. The van der Waals surface area contributed by atoms with Gasteiger partial charge in [0.15, 0.2) is 0 Å². The van der Waals surface area contributed by atoms with Crippen LogP contribution >= 0.6 is 11.8 Å². The summed E-state index contributed by atoms with van der Waals surface area (Å²) in [5.41, 5.74) is 8.06. The highest BCUT2D eigenvalue weighted by Crippen LogP contribution is 2.29. The number of carbonyl (C=O) groups excluding carboxylic acids is 1. The second kappa shape index (κ2) is 5.40. The van der Waals surface area contributed by atoms with Crippen molar-refractivity contribution in [3.8, 4) is 0 Å². The van der Waals surface area contributed by atoms with Crippen LogP contribution in [-0.2, 0) is 0 Å². The minimum Gasteiger partial charge on any atom is -0.399 e. The summed E-state index contributed by atoms with van der Waals surface area (Å²) in [6, 6.07) is 5.87. The molecule has 0 spiro atoms. The van der Waals surface area contributed by atoms with Gasteiger partial charge in [0.05, 0.1) is 5.56 Å². The zero-order valence-corrected chi connectivity index (χ0v) is 12.3. The number of benzene rings is 1. The van der Waals surface area contributed by atoms with Crippen LogP contribution < -0.4 is 11.1 Å². The van der Waals surface area contributed by atoms with Gasteiger partial charge in [0.2, 0.25) is 0 Å². The topological polar surface area (TPSA) is 70.9 Å². The summed E-state index contributed by atoms with van der Waals surface area (Å²) >= 11 is 1.85. The predicted octanol–water partition coefficient (Wildman–Crippen LogP) is 2.76. The van der Waals surface area contributed by atoms with Crippen molar-refractivity contribution in [1.29, 1.82) is 0 Å². The summed E-state index contributed by atoms with van der Waals surface area (Å²) in [5, 5.41) is 4.65. The lowest BCUT2D eigenvalue weighted by Gasteiger charge is -2.18. The Hall–Kier alpha value is -1.62. The Labute approximate surface area is 122 Å². The van der Waals surface area contributed by atoms with Crippen molar-refractivity contribution >= 4 is 34.3 Å². The van der Waals surface area contributed by atoms with Crippen LogP contribution in [0.1, 0.15) is 29.6 Å². The van der Waals surface area contributed by atoms with Crippen LogP contribution in [0.5, 0.6) is 0 Å². The van der Waals surface area contributed by atoms with Crippen molar-refractivity contribution in [3.05, 3.63) is 30.0 Å². The summed E-state index contributed by atoms with van der Waals surface area (Å²) in [5.74, 6) is 0.00646. The fourth-order valence-electron chi connectivity index (χ4n) is 2.95. The summed E-state index contributed by atoms with van der Waals surface area (Å²) in [6.07, 6.45) is 7.34. The smallest absolute Gasteiger partial charge is 0.253 e. The van der Waals surface area contributed by atoms with E-state index in [0.29, 0.717) is 16.5 Å². The minimum absolute atomic E-state index is 0.00646. The second-order valence-electron chi connectivity index (χ2n) is 5.29. The molecule has 4 N–H and O–H groups in total. The minimum atomic E-state index is 0.00646. The normalized spacial score (nSPS) is 22.2. The monoisotopic (exact) mass is 289 g/mol. The van der Waals surface area contributed by atoms with E-state index in [1.54, 1.807) is 6.20 Å². The van der Waals surface area contributed by atoms with Crippen molar-refractivity contribution in [2.45, 2.75) is 30.6 Å². The molecule has 4 nitrogen and oxygen atoms in total. The lowest BCUT2D eigenvalue weighted by Crippen LogP contribution is -2.38. The van der Waals surface area contributed by atoms with Gasteiger partial charge < -0.3 is 16.0 Å². The van der Waals surface area contributed by atoms with E-state index in [1.807, 2.05) is 30.0 Å². The molecule has 0 aliphatic heterocycles. The highest BCUT2D eigenvalue weighted by atomic mass is 32.2. The molecule has 0 radical (unpaired) electrons. The molecule has 1 heterocycles. The first-order valence-corrected chi connectivity index (χ1v) is 8.18. The number of aromatic nitrogens is 1. The SMILES string of the molecule is CSC1CCCC1NC(=O)c1c[nH]c2cc(N)ccc12. The average Bonchev–Trinajstić information content (AvgIpc) is 3.04. The number of hydrogen-bond acceptors (Lipinski definition) is 3. The van der Waals surface area contributed by atoms with Crippen LogP contribution in [-0.4, -0.2) is 28.4 Å². The van der Waals surface area contributed by atoms with E-state index >= 15 is 0 Å². The molecule has 20 heavy (non-hydrogen) atoms. The molecule has 2 atom stereocenters. The predicted molar refractivity (Wildman–Crippen MR) is 85.1 cm³/mol. The number of amides is 1. The van der Waals surface area contributed by atoms with Gasteiger partial charge >= 0.3 is 0 Å². The van der Waals surface area contributed by atoms with Crippen LogP contribution in [0.15, 0.2) is 24.4 Å². The lowest BCUT2D eigenvalue weighted by atomic mass is 10.1. The van der Waals surface area contributed by atoms with Crippen LogP contribution in [0, 0.1) is 0 Å². The number of fused-ring (bicyclic) bond motifs is 1. The van der Waals surface area contributed by atoms with E-state index in [1.165, 1.54) is 12.8 Å². The van der Waals surface area contributed by atoms with Crippen LogP contribution in [0.3, 0.4) is 0 Å². The van der Waals surface area contributed by atoms with Crippen LogP contribution in [0.25, 0.3) is 10.9 Å². The lowest BCUT2D eigenvalue weighted by molar-refractivity contribution is 0.0940. The van der Waals surface area contributed by atoms with Gasteiger partial charge in [0.1, 0.15) is 0 Å². The first-order chi connectivity index (χ1) is 9.69. The zero-order valence-electron chi connectivity index (χ0n) is 11.5. The number of carbonyl (C=O) groups is 1. The molecule has 0 saturated heterocycles. The molecule has 3 rings (SSSR count). The molecular formula is C15H19N3OS. The third-order valence-corrected chi connectivity index (χ3v) is 5.19. The largest absolute Gasteiger partial charge is 0.399 e. The van der Waals surface area contributed by atoms with E-state index in [-0.39, 0.29) is 11.9 Å². The highest BCUT2D eigenvalue weighted by Gasteiger charge is 2.28. The van der Waals surface area contributed by atoms with E-state index in [0.717, 1.165) is 17.3 Å². The molecule has 0 bridgehead atoms. The number of hydrogen-bond donors (Lipinski definition) is 3. The molecule has 1 amide bonds. The Morgan fingerprint density at radius 3 is 3.10 bits per heavy atom. The number of rotatable bonds is 3. The third-order valence-electron chi connectivity index (χ3n) is 4.02. The van der Waals surface area contributed by atoms with Gasteiger partial charge in [-0.2, -0.15) is 11.8 Å². The molecule has 1 aliphatic rings. The number of anilines is 1. The number of aromatic amines is 1. The van der Waals surface area contributed by atoms with Crippen molar-refractivity contribution < 1.29 is 4.79 Å². The Kier molecular flexibility index (Phi) is 3.61. The van der Waals surface area contributed by atoms with Gasteiger partial charge in [0.25, 0.3) is 5.91 Å². The molecule has 5 heteroatoms. The summed E-state index contributed by atoms with van der Waals surface area (Å²) < 4.78 is 0. The number of nitrogens with one attached hydrogen (secondary N) is 2. The van der Waals surface area contributed by atoms with Gasteiger partial charge in [-0.3, -0.25) is 4.79 Å². The Balaban J connectivity index is 1.82.